The molecule has 0 radical (unpaired) electrons. The molecule has 3 heterocycles. The number of halogens is 2. The Hall–Kier alpha value is -2.87. The molecule has 2 atom stereocenters. The first kappa shape index (κ1) is 23.3. The van der Waals surface area contributed by atoms with Gasteiger partial charge in [0.05, 0.1) is 18.2 Å². The smallest absolute Gasteiger partial charge is 0.337 e. The molecule has 9 heteroatoms. The van der Waals surface area contributed by atoms with E-state index in [-0.39, 0.29) is 23.1 Å². The number of carbonyl (C=O) groups is 1. The van der Waals surface area contributed by atoms with E-state index in [0.717, 1.165) is 25.9 Å². The molecule has 2 aliphatic rings. The van der Waals surface area contributed by atoms with Crippen molar-refractivity contribution in [1.82, 2.24) is 9.55 Å². The van der Waals surface area contributed by atoms with Crippen molar-refractivity contribution in [2.24, 2.45) is 5.41 Å². The first-order valence-corrected chi connectivity index (χ1v) is 11.4. The molecule has 33 heavy (non-hydrogen) atoms. The molecular weight excluding hydrogens is 447 g/mol. The first-order valence-electron chi connectivity index (χ1n) is 11.1. The summed E-state index contributed by atoms with van der Waals surface area (Å²) in [6.45, 7) is 7.76. The summed E-state index contributed by atoms with van der Waals surface area (Å²) in [6, 6.07) is 5.50. The molecule has 1 unspecified atom stereocenters. The lowest BCUT2D eigenvalue weighted by molar-refractivity contribution is 0.0698. The number of aromatic carboxylic acids is 1. The minimum Gasteiger partial charge on any atom is -0.478 e. The maximum Gasteiger partial charge on any atom is 0.337 e. The predicted molar refractivity (Wildman–Crippen MR) is 128 cm³/mol. The fourth-order valence-electron chi connectivity index (χ4n) is 4.36. The average Bonchev–Trinajstić information content (AvgIpc) is 2.74. The highest BCUT2D eigenvalue weighted by molar-refractivity contribution is 6.31. The molecule has 1 fully saturated rings. The molecule has 0 amide bonds. The standard InChI is InChI=1S/C24H28ClFN4O3/c1-14(27-19-5-4-15(25)10-18(19)23(32)33)17-11-16(26)13-30-21(31)12-20(28-22(17)30)29-8-6-24(2,3)7-9-29/h4-5,10-12,14,16,27H,6-9,13H2,1-3H3,(H,32,33)/t14-,16?/m1/s1. The number of carboxylic acids is 1. The lowest BCUT2D eigenvalue weighted by Crippen LogP contribution is -2.40. The Bertz CT molecular complexity index is 1170. The average molecular weight is 475 g/mol. The summed E-state index contributed by atoms with van der Waals surface area (Å²) >= 11 is 5.95. The van der Waals surface area contributed by atoms with Crippen molar-refractivity contribution in [2.45, 2.75) is 52.4 Å². The summed E-state index contributed by atoms with van der Waals surface area (Å²) in [5.41, 5.74) is 0.835. The van der Waals surface area contributed by atoms with Gasteiger partial charge >= 0.3 is 5.97 Å². The van der Waals surface area contributed by atoms with E-state index >= 15 is 0 Å². The predicted octanol–water partition coefficient (Wildman–Crippen LogP) is 4.46. The van der Waals surface area contributed by atoms with Gasteiger partial charge in [-0.1, -0.05) is 25.4 Å². The SMILES string of the molecule is C[C@@H](Nc1ccc(Cl)cc1C(=O)O)C1=CC(F)Cn2c1nc(N1CCC(C)(C)CC1)cc2=O. The number of benzene rings is 1. The van der Waals surface area contributed by atoms with E-state index in [1.807, 2.05) is 0 Å². The Morgan fingerprint density at radius 3 is 2.67 bits per heavy atom. The topological polar surface area (TPSA) is 87.5 Å². The molecule has 0 saturated carbocycles. The van der Waals surface area contributed by atoms with Crippen LogP contribution in [-0.2, 0) is 6.54 Å². The second-order valence-electron chi connectivity index (χ2n) is 9.54. The Morgan fingerprint density at radius 2 is 2.00 bits per heavy atom. The molecular formula is C24H28ClFN4O3. The Balaban J connectivity index is 1.68. The number of aromatic nitrogens is 2. The van der Waals surface area contributed by atoms with E-state index in [4.69, 9.17) is 16.6 Å². The van der Waals surface area contributed by atoms with Crippen LogP contribution in [0.3, 0.4) is 0 Å². The van der Waals surface area contributed by atoms with Crippen LogP contribution >= 0.6 is 11.6 Å². The van der Waals surface area contributed by atoms with Gasteiger partial charge in [-0.15, -0.1) is 0 Å². The van der Waals surface area contributed by atoms with Crippen molar-refractivity contribution in [3.63, 3.8) is 0 Å². The van der Waals surface area contributed by atoms with Gasteiger partial charge in [-0.3, -0.25) is 9.36 Å². The molecule has 2 aromatic rings. The number of fused-ring (bicyclic) bond motifs is 1. The molecule has 0 spiro atoms. The molecule has 0 bridgehead atoms. The van der Waals surface area contributed by atoms with Crippen LogP contribution in [0.4, 0.5) is 15.9 Å². The van der Waals surface area contributed by atoms with Crippen molar-refractivity contribution in [3.05, 3.63) is 57.1 Å². The van der Waals surface area contributed by atoms with Gasteiger partial charge in [0.25, 0.3) is 5.56 Å². The van der Waals surface area contributed by atoms with Crippen LogP contribution in [0, 0.1) is 5.41 Å². The molecule has 4 rings (SSSR count). The van der Waals surface area contributed by atoms with E-state index in [2.05, 4.69) is 24.1 Å². The summed E-state index contributed by atoms with van der Waals surface area (Å²) in [6.07, 6.45) is 2.10. The van der Waals surface area contributed by atoms with Gasteiger partial charge in [0.15, 0.2) is 0 Å². The molecule has 176 valence electrons. The van der Waals surface area contributed by atoms with E-state index < -0.39 is 18.2 Å². The summed E-state index contributed by atoms with van der Waals surface area (Å²) in [4.78, 5) is 31.4. The van der Waals surface area contributed by atoms with Gasteiger partial charge in [-0.25, -0.2) is 14.2 Å². The lowest BCUT2D eigenvalue weighted by atomic mass is 9.83. The minimum atomic E-state index is -1.35. The number of piperidine rings is 1. The zero-order valence-electron chi connectivity index (χ0n) is 18.9. The van der Waals surface area contributed by atoms with Gasteiger partial charge in [0, 0.05) is 35.4 Å². The van der Waals surface area contributed by atoms with Gasteiger partial charge in [0.1, 0.15) is 17.8 Å². The number of alkyl halides is 1. The highest BCUT2D eigenvalue weighted by Crippen LogP contribution is 2.33. The van der Waals surface area contributed by atoms with Crippen molar-refractivity contribution >= 4 is 34.6 Å². The van der Waals surface area contributed by atoms with E-state index in [1.165, 1.54) is 22.8 Å². The lowest BCUT2D eigenvalue weighted by Gasteiger charge is -2.38. The molecule has 7 nitrogen and oxygen atoms in total. The number of hydrogen-bond donors (Lipinski definition) is 2. The number of nitrogens with one attached hydrogen (secondary N) is 1. The van der Waals surface area contributed by atoms with Crippen molar-refractivity contribution in [2.75, 3.05) is 23.3 Å². The van der Waals surface area contributed by atoms with Crippen molar-refractivity contribution in [3.8, 4) is 0 Å². The summed E-state index contributed by atoms with van der Waals surface area (Å²) in [5.74, 6) is -0.129. The summed E-state index contributed by atoms with van der Waals surface area (Å²) < 4.78 is 15.9. The van der Waals surface area contributed by atoms with Crippen LogP contribution < -0.4 is 15.8 Å². The number of allylic oxidation sites excluding steroid dienone is 1. The molecule has 1 saturated heterocycles. The zero-order valence-corrected chi connectivity index (χ0v) is 19.7. The van der Waals surface area contributed by atoms with Gasteiger partial charge in [-0.05, 0) is 49.5 Å². The largest absolute Gasteiger partial charge is 0.478 e. The second-order valence-corrected chi connectivity index (χ2v) is 9.97. The quantitative estimate of drug-likeness (QED) is 0.665. The normalized spacial score (nSPS) is 20.6. The van der Waals surface area contributed by atoms with Crippen LogP contribution in [-0.4, -0.2) is 45.9 Å². The second kappa shape index (κ2) is 8.82. The van der Waals surface area contributed by atoms with E-state index in [1.54, 1.807) is 19.1 Å². The number of rotatable bonds is 5. The third-order valence-electron chi connectivity index (χ3n) is 6.46. The Kier molecular flexibility index (Phi) is 6.22. The Morgan fingerprint density at radius 1 is 1.30 bits per heavy atom. The fourth-order valence-corrected chi connectivity index (χ4v) is 4.53. The van der Waals surface area contributed by atoms with Gasteiger partial charge < -0.3 is 15.3 Å². The van der Waals surface area contributed by atoms with Crippen molar-refractivity contribution < 1.29 is 14.3 Å². The van der Waals surface area contributed by atoms with Crippen LogP contribution in [0.25, 0.3) is 5.57 Å². The Labute approximate surface area is 196 Å². The molecule has 1 aromatic carbocycles. The van der Waals surface area contributed by atoms with Crippen LogP contribution in [0.1, 0.15) is 49.8 Å². The third kappa shape index (κ3) is 4.90. The van der Waals surface area contributed by atoms with E-state index in [0.29, 0.717) is 27.9 Å². The first-order chi connectivity index (χ1) is 15.5. The number of hydrogen-bond acceptors (Lipinski definition) is 5. The maximum atomic E-state index is 14.6. The molecule has 2 N–H and O–H groups in total. The minimum absolute atomic E-state index is 0.0117. The van der Waals surface area contributed by atoms with Gasteiger partial charge in [0.2, 0.25) is 0 Å². The molecule has 2 aliphatic heterocycles. The zero-order chi connectivity index (χ0) is 23.9. The number of anilines is 2. The third-order valence-corrected chi connectivity index (χ3v) is 6.70. The molecule has 1 aromatic heterocycles. The summed E-state index contributed by atoms with van der Waals surface area (Å²) in [7, 11) is 0. The van der Waals surface area contributed by atoms with E-state index in [9.17, 15) is 19.1 Å². The van der Waals surface area contributed by atoms with Crippen LogP contribution in [0.2, 0.25) is 5.02 Å². The number of nitrogens with zero attached hydrogens (tertiary/aromatic N) is 3. The van der Waals surface area contributed by atoms with Gasteiger partial charge in [-0.2, -0.15) is 0 Å². The van der Waals surface area contributed by atoms with Crippen molar-refractivity contribution in [1.29, 1.82) is 0 Å². The monoisotopic (exact) mass is 474 g/mol. The highest BCUT2D eigenvalue weighted by atomic mass is 35.5. The fraction of sp³-hybridized carbons (Fsp3) is 0.458. The molecule has 0 aliphatic carbocycles. The maximum absolute atomic E-state index is 14.6. The summed E-state index contributed by atoms with van der Waals surface area (Å²) in [5, 5.41) is 13.0. The van der Waals surface area contributed by atoms with Crippen LogP contribution in [0.15, 0.2) is 35.1 Å². The van der Waals surface area contributed by atoms with Crippen LogP contribution in [0.5, 0.6) is 0 Å². The highest BCUT2D eigenvalue weighted by Gasteiger charge is 2.30. The number of carboxylic acid groups (broad SMARTS) is 1.